The molecule has 5 heteroatoms. The number of rotatable bonds is 6. The van der Waals surface area contributed by atoms with Crippen LogP contribution in [-0.2, 0) is 4.79 Å². The highest BCUT2D eigenvalue weighted by molar-refractivity contribution is 5.67. The van der Waals surface area contributed by atoms with Crippen molar-refractivity contribution in [2.75, 3.05) is 26.7 Å². The molecule has 0 aliphatic carbocycles. The fourth-order valence-electron chi connectivity index (χ4n) is 2.93. The monoisotopic (exact) mass is 293 g/mol. The van der Waals surface area contributed by atoms with Crippen molar-refractivity contribution in [3.05, 3.63) is 29.8 Å². The summed E-state index contributed by atoms with van der Waals surface area (Å²) < 4.78 is 5.17. The second kappa shape index (κ2) is 7.43. The number of aliphatic hydroxyl groups excluding tert-OH is 1. The van der Waals surface area contributed by atoms with E-state index < -0.39 is 12.1 Å². The lowest BCUT2D eigenvalue weighted by molar-refractivity contribution is -0.138. The van der Waals surface area contributed by atoms with Crippen molar-refractivity contribution in [1.82, 2.24) is 4.90 Å². The van der Waals surface area contributed by atoms with Gasteiger partial charge in [0.15, 0.2) is 0 Å². The summed E-state index contributed by atoms with van der Waals surface area (Å²) in [5, 5.41) is 19.2. The number of carboxylic acid groups (broad SMARTS) is 1. The molecule has 21 heavy (non-hydrogen) atoms. The van der Waals surface area contributed by atoms with Gasteiger partial charge in [0.25, 0.3) is 0 Å². The van der Waals surface area contributed by atoms with Crippen LogP contribution < -0.4 is 4.74 Å². The lowest BCUT2D eigenvalue weighted by Gasteiger charge is -2.33. The molecule has 0 saturated carbocycles. The maximum absolute atomic E-state index is 10.8. The van der Waals surface area contributed by atoms with Crippen molar-refractivity contribution < 1.29 is 19.7 Å². The molecule has 2 rings (SSSR count). The van der Waals surface area contributed by atoms with E-state index in [2.05, 4.69) is 4.90 Å². The molecule has 5 nitrogen and oxygen atoms in total. The standard InChI is InChI=1S/C16H23NO4/c1-21-14-6-2-5-13(9-14)15(18)11-17-7-3-4-12(10-17)8-16(19)20/h2,5-6,9,12,15,18H,3-4,7-8,10-11H2,1H3,(H,19,20). The Kier molecular flexibility index (Phi) is 5.59. The molecular weight excluding hydrogens is 270 g/mol. The topological polar surface area (TPSA) is 70.0 Å². The van der Waals surface area contributed by atoms with Gasteiger partial charge in [-0.15, -0.1) is 0 Å². The molecule has 0 bridgehead atoms. The van der Waals surface area contributed by atoms with Crippen molar-refractivity contribution >= 4 is 5.97 Å². The zero-order chi connectivity index (χ0) is 15.2. The van der Waals surface area contributed by atoms with Gasteiger partial charge < -0.3 is 19.8 Å². The van der Waals surface area contributed by atoms with Gasteiger partial charge >= 0.3 is 5.97 Å². The van der Waals surface area contributed by atoms with E-state index >= 15 is 0 Å². The van der Waals surface area contributed by atoms with Crippen LogP contribution in [0.4, 0.5) is 0 Å². The maximum atomic E-state index is 10.8. The van der Waals surface area contributed by atoms with Gasteiger partial charge in [0, 0.05) is 19.5 Å². The zero-order valence-corrected chi connectivity index (χ0v) is 12.4. The van der Waals surface area contributed by atoms with Gasteiger partial charge in [-0.05, 0) is 43.0 Å². The van der Waals surface area contributed by atoms with E-state index in [1.54, 1.807) is 7.11 Å². The number of methoxy groups -OCH3 is 1. The van der Waals surface area contributed by atoms with Gasteiger partial charge in [0.05, 0.1) is 13.2 Å². The van der Waals surface area contributed by atoms with Crippen LogP contribution in [0, 0.1) is 5.92 Å². The van der Waals surface area contributed by atoms with E-state index in [-0.39, 0.29) is 12.3 Å². The van der Waals surface area contributed by atoms with Crippen molar-refractivity contribution in [1.29, 1.82) is 0 Å². The van der Waals surface area contributed by atoms with Crippen LogP contribution in [0.3, 0.4) is 0 Å². The molecule has 0 spiro atoms. The van der Waals surface area contributed by atoms with Gasteiger partial charge in [-0.2, -0.15) is 0 Å². The molecule has 0 amide bonds. The minimum Gasteiger partial charge on any atom is -0.497 e. The Morgan fingerprint density at radius 3 is 3.05 bits per heavy atom. The van der Waals surface area contributed by atoms with E-state index in [0.29, 0.717) is 6.54 Å². The molecule has 2 N–H and O–H groups in total. The van der Waals surface area contributed by atoms with Crippen molar-refractivity contribution in [2.24, 2.45) is 5.92 Å². The zero-order valence-electron chi connectivity index (χ0n) is 12.4. The first-order valence-electron chi connectivity index (χ1n) is 7.34. The third kappa shape index (κ3) is 4.72. The lowest BCUT2D eigenvalue weighted by atomic mass is 9.94. The molecule has 1 aliphatic heterocycles. The number of aliphatic hydroxyl groups is 1. The predicted octanol–water partition coefficient (Wildman–Crippen LogP) is 1.92. The van der Waals surface area contributed by atoms with E-state index in [9.17, 15) is 9.90 Å². The number of piperidine rings is 1. The molecule has 116 valence electrons. The van der Waals surface area contributed by atoms with Crippen LogP contribution in [-0.4, -0.2) is 47.8 Å². The highest BCUT2D eigenvalue weighted by Crippen LogP contribution is 2.24. The molecule has 0 aromatic heterocycles. The first-order valence-corrected chi connectivity index (χ1v) is 7.34. The first kappa shape index (κ1) is 15.8. The second-order valence-electron chi connectivity index (χ2n) is 5.66. The Morgan fingerprint density at radius 2 is 2.33 bits per heavy atom. The average molecular weight is 293 g/mol. The van der Waals surface area contributed by atoms with Crippen LogP contribution in [0.15, 0.2) is 24.3 Å². The first-order chi connectivity index (χ1) is 10.1. The molecule has 0 radical (unpaired) electrons. The van der Waals surface area contributed by atoms with E-state index in [1.807, 2.05) is 24.3 Å². The highest BCUT2D eigenvalue weighted by atomic mass is 16.5. The Balaban J connectivity index is 1.92. The molecule has 1 fully saturated rings. The molecule has 1 aromatic carbocycles. The molecule has 1 aromatic rings. The van der Waals surface area contributed by atoms with E-state index in [0.717, 1.165) is 37.2 Å². The Labute approximate surface area is 125 Å². The third-order valence-electron chi connectivity index (χ3n) is 3.98. The summed E-state index contributed by atoms with van der Waals surface area (Å²) in [5.41, 5.74) is 0.828. The summed E-state index contributed by atoms with van der Waals surface area (Å²) in [4.78, 5) is 13.0. The largest absolute Gasteiger partial charge is 0.497 e. The number of nitrogens with zero attached hydrogens (tertiary/aromatic N) is 1. The van der Waals surface area contributed by atoms with Gasteiger partial charge in [0.1, 0.15) is 5.75 Å². The minimum atomic E-state index is -0.741. The van der Waals surface area contributed by atoms with Crippen LogP contribution in [0.5, 0.6) is 5.75 Å². The fraction of sp³-hybridized carbons (Fsp3) is 0.562. The second-order valence-corrected chi connectivity index (χ2v) is 5.66. The van der Waals surface area contributed by atoms with E-state index in [1.165, 1.54) is 0 Å². The molecule has 1 saturated heterocycles. The Hall–Kier alpha value is -1.59. The Bertz CT molecular complexity index is 477. The summed E-state index contributed by atoms with van der Waals surface area (Å²) in [7, 11) is 1.60. The number of carboxylic acids is 1. The van der Waals surface area contributed by atoms with Crippen LogP contribution in [0.1, 0.15) is 30.9 Å². The smallest absolute Gasteiger partial charge is 0.303 e. The fourth-order valence-corrected chi connectivity index (χ4v) is 2.93. The number of β-amino-alcohol motifs (C(OH)–C–C–N with tert-alkyl or cyclic N) is 1. The van der Waals surface area contributed by atoms with Gasteiger partial charge in [-0.25, -0.2) is 0 Å². The summed E-state index contributed by atoms with van der Waals surface area (Å²) in [6, 6.07) is 7.43. The quantitative estimate of drug-likeness (QED) is 0.838. The molecule has 1 heterocycles. The molecule has 1 aliphatic rings. The summed E-state index contributed by atoms with van der Waals surface area (Å²) in [5.74, 6) is 0.179. The Morgan fingerprint density at radius 1 is 1.52 bits per heavy atom. The summed E-state index contributed by atoms with van der Waals surface area (Å²) >= 11 is 0. The van der Waals surface area contributed by atoms with Gasteiger partial charge in [0.2, 0.25) is 0 Å². The lowest BCUT2D eigenvalue weighted by Crippen LogP contribution is -2.38. The number of aliphatic carboxylic acids is 1. The van der Waals surface area contributed by atoms with Crippen LogP contribution >= 0.6 is 0 Å². The summed E-state index contributed by atoms with van der Waals surface area (Å²) in [6.45, 7) is 2.19. The van der Waals surface area contributed by atoms with Gasteiger partial charge in [-0.3, -0.25) is 4.79 Å². The average Bonchev–Trinajstić information content (AvgIpc) is 2.47. The summed E-state index contributed by atoms with van der Waals surface area (Å²) in [6.07, 6.45) is 1.58. The number of hydrogen-bond donors (Lipinski definition) is 2. The molecule has 2 atom stereocenters. The van der Waals surface area contributed by atoms with Crippen LogP contribution in [0.25, 0.3) is 0 Å². The molecule has 2 unspecified atom stereocenters. The normalized spacial score (nSPS) is 21.0. The highest BCUT2D eigenvalue weighted by Gasteiger charge is 2.24. The SMILES string of the molecule is COc1cccc(C(O)CN2CCCC(CC(=O)O)C2)c1. The molecular formula is C16H23NO4. The van der Waals surface area contributed by atoms with E-state index in [4.69, 9.17) is 9.84 Å². The number of benzene rings is 1. The number of hydrogen-bond acceptors (Lipinski definition) is 4. The predicted molar refractivity (Wildman–Crippen MR) is 79.4 cm³/mol. The van der Waals surface area contributed by atoms with Crippen molar-refractivity contribution in [3.8, 4) is 5.75 Å². The number of ether oxygens (including phenoxy) is 1. The van der Waals surface area contributed by atoms with Crippen molar-refractivity contribution in [3.63, 3.8) is 0 Å². The maximum Gasteiger partial charge on any atom is 0.303 e. The van der Waals surface area contributed by atoms with Crippen molar-refractivity contribution in [2.45, 2.75) is 25.4 Å². The number of likely N-dealkylation sites (tertiary alicyclic amines) is 1. The third-order valence-corrected chi connectivity index (χ3v) is 3.98. The van der Waals surface area contributed by atoms with Gasteiger partial charge in [-0.1, -0.05) is 12.1 Å². The minimum absolute atomic E-state index is 0.189. The number of carbonyl (C=O) groups is 1. The van der Waals surface area contributed by atoms with Crippen LogP contribution in [0.2, 0.25) is 0 Å².